The van der Waals surface area contributed by atoms with Crippen LogP contribution in [0.3, 0.4) is 0 Å². The molecule has 0 rings (SSSR count). The highest BCUT2D eigenvalue weighted by Crippen LogP contribution is 2.19. The molecule has 19 heavy (non-hydrogen) atoms. The molecule has 0 saturated heterocycles. The Labute approximate surface area is 116 Å². The van der Waals surface area contributed by atoms with Crippen LogP contribution in [-0.4, -0.2) is 30.1 Å². The van der Waals surface area contributed by atoms with Gasteiger partial charge in [-0.05, 0) is 26.7 Å². The average molecular weight is 272 g/mol. The summed E-state index contributed by atoms with van der Waals surface area (Å²) in [7, 11) is 0. The van der Waals surface area contributed by atoms with Gasteiger partial charge in [-0.2, -0.15) is 0 Å². The number of hydrogen-bond donors (Lipinski definition) is 0. The van der Waals surface area contributed by atoms with E-state index in [4.69, 9.17) is 9.47 Å². The fourth-order valence-corrected chi connectivity index (χ4v) is 1.27. The molecular formula is C15H28O4. The van der Waals surface area contributed by atoms with Gasteiger partial charge in [-0.15, -0.1) is 0 Å². The van der Waals surface area contributed by atoms with E-state index in [1.165, 1.54) is 0 Å². The van der Waals surface area contributed by atoms with Crippen molar-refractivity contribution in [1.29, 1.82) is 0 Å². The van der Waals surface area contributed by atoms with E-state index in [0.717, 1.165) is 0 Å². The zero-order valence-electron chi connectivity index (χ0n) is 13.5. The Morgan fingerprint density at radius 2 is 1.47 bits per heavy atom. The molecule has 0 aliphatic rings. The highest BCUT2D eigenvalue weighted by molar-refractivity contribution is 5.87. The van der Waals surface area contributed by atoms with E-state index in [-0.39, 0.29) is 18.3 Å². The third kappa shape index (κ3) is 7.31. The highest BCUT2D eigenvalue weighted by Gasteiger charge is 2.31. The minimum Gasteiger partial charge on any atom is -0.456 e. The first-order valence-electron chi connectivity index (χ1n) is 6.72. The molecule has 0 aliphatic heterocycles. The molecule has 0 radical (unpaired) electrons. The Kier molecular flexibility index (Phi) is 6.20. The van der Waals surface area contributed by atoms with Crippen LogP contribution in [0.4, 0.5) is 0 Å². The van der Waals surface area contributed by atoms with Crippen LogP contribution < -0.4 is 0 Å². The van der Waals surface area contributed by atoms with Crippen LogP contribution in [0.25, 0.3) is 0 Å². The summed E-state index contributed by atoms with van der Waals surface area (Å²) >= 11 is 0. The smallest absolute Gasteiger partial charge is 0.335 e. The Morgan fingerprint density at radius 1 is 1.00 bits per heavy atom. The molecule has 112 valence electrons. The summed E-state index contributed by atoms with van der Waals surface area (Å²) in [4.78, 5) is 23.7. The summed E-state index contributed by atoms with van der Waals surface area (Å²) in [6.07, 6.45) is -0.646. The van der Waals surface area contributed by atoms with Gasteiger partial charge in [-0.1, -0.05) is 34.6 Å². The number of ether oxygens (including phenoxy) is 2. The van der Waals surface area contributed by atoms with Crippen LogP contribution in [-0.2, 0) is 19.1 Å². The van der Waals surface area contributed by atoms with Crippen LogP contribution >= 0.6 is 0 Å². The van der Waals surface area contributed by atoms with E-state index in [9.17, 15) is 9.59 Å². The maximum absolute atomic E-state index is 12.0. The molecule has 0 aliphatic carbocycles. The van der Waals surface area contributed by atoms with Crippen LogP contribution in [0, 0.1) is 11.3 Å². The van der Waals surface area contributed by atoms with E-state index < -0.39 is 23.1 Å². The van der Waals surface area contributed by atoms with E-state index in [1.807, 2.05) is 34.6 Å². The number of Topliss-reactive ketones (excluding diaryl/α,β-unsaturated/α-hetero) is 1. The Morgan fingerprint density at radius 3 is 1.79 bits per heavy atom. The molecular weight excluding hydrogens is 244 g/mol. The van der Waals surface area contributed by atoms with Crippen LogP contribution in [0.2, 0.25) is 0 Å². The summed E-state index contributed by atoms with van der Waals surface area (Å²) in [6, 6.07) is 0. The zero-order valence-corrected chi connectivity index (χ0v) is 13.5. The average Bonchev–Trinajstić information content (AvgIpc) is 2.18. The van der Waals surface area contributed by atoms with Crippen LogP contribution in [0.15, 0.2) is 0 Å². The summed E-state index contributed by atoms with van der Waals surface area (Å²) in [5.41, 5.74) is -0.930. The van der Waals surface area contributed by atoms with Gasteiger partial charge in [0.05, 0.1) is 5.60 Å². The van der Waals surface area contributed by atoms with E-state index in [1.54, 1.807) is 20.8 Å². The maximum atomic E-state index is 12.0. The van der Waals surface area contributed by atoms with Gasteiger partial charge in [0.2, 0.25) is 0 Å². The molecule has 4 nitrogen and oxygen atoms in total. The van der Waals surface area contributed by atoms with E-state index in [2.05, 4.69) is 0 Å². The normalized spacial score (nSPS) is 14.4. The van der Waals surface area contributed by atoms with Crippen LogP contribution in [0.1, 0.15) is 55.4 Å². The second-order valence-electron chi connectivity index (χ2n) is 7.18. The first-order chi connectivity index (χ1) is 8.34. The van der Waals surface area contributed by atoms with Crippen molar-refractivity contribution in [3.8, 4) is 0 Å². The monoisotopic (exact) mass is 272 g/mol. The van der Waals surface area contributed by atoms with Crippen molar-refractivity contribution in [1.82, 2.24) is 0 Å². The molecule has 0 aromatic carbocycles. The van der Waals surface area contributed by atoms with Crippen molar-refractivity contribution < 1.29 is 19.1 Å². The van der Waals surface area contributed by atoms with Gasteiger partial charge in [0.1, 0.15) is 0 Å². The number of hydrogen-bond acceptors (Lipinski definition) is 4. The van der Waals surface area contributed by atoms with Crippen molar-refractivity contribution in [2.45, 2.75) is 67.1 Å². The first-order valence-corrected chi connectivity index (χ1v) is 6.72. The quantitative estimate of drug-likeness (QED) is 0.722. The molecule has 0 amide bonds. The van der Waals surface area contributed by atoms with Gasteiger partial charge in [-0.3, -0.25) is 4.79 Å². The molecule has 0 aromatic rings. The van der Waals surface area contributed by atoms with Gasteiger partial charge >= 0.3 is 5.97 Å². The van der Waals surface area contributed by atoms with Gasteiger partial charge in [0.25, 0.3) is 0 Å². The molecule has 0 saturated carbocycles. The third-order valence-electron chi connectivity index (χ3n) is 2.50. The SMILES string of the molecule is CC(C)C(OC(C)(C)C)C(=O)OCC(=O)C(C)(C)C. The van der Waals surface area contributed by atoms with E-state index >= 15 is 0 Å². The lowest BCUT2D eigenvalue weighted by molar-refractivity contribution is -0.173. The minimum absolute atomic E-state index is 0.00327. The highest BCUT2D eigenvalue weighted by atomic mass is 16.6. The van der Waals surface area contributed by atoms with Gasteiger partial charge < -0.3 is 9.47 Å². The maximum Gasteiger partial charge on any atom is 0.335 e. The Balaban J connectivity index is 4.56. The molecule has 0 fully saturated rings. The second-order valence-corrected chi connectivity index (χ2v) is 7.18. The number of esters is 1. The Bertz CT molecular complexity index is 318. The van der Waals surface area contributed by atoms with Crippen molar-refractivity contribution in [3.63, 3.8) is 0 Å². The zero-order chi connectivity index (χ0) is 15.4. The van der Waals surface area contributed by atoms with Crippen LogP contribution in [0.5, 0.6) is 0 Å². The number of carbonyl (C=O) groups is 2. The predicted octanol–water partition coefficient (Wildman–Crippen LogP) is 2.98. The lowest BCUT2D eigenvalue weighted by Gasteiger charge is -2.28. The van der Waals surface area contributed by atoms with Crippen molar-refractivity contribution in [3.05, 3.63) is 0 Å². The number of carbonyl (C=O) groups excluding carboxylic acids is 2. The lowest BCUT2D eigenvalue weighted by atomic mass is 9.91. The van der Waals surface area contributed by atoms with Gasteiger partial charge in [0, 0.05) is 5.41 Å². The fourth-order valence-electron chi connectivity index (χ4n) is 1.27. The summed E-state index contributed by atoms with van der Waals surface area (Å²) < 4.78 is 10.8. The van der Waals surface area contributed by atoms with Crippen molar-refractivity contribution >= 4 is 11.8 Å². The Hall–Kier alpha value is -0.900. The number of ketones is 1. The summed E-state index contributed by atoms with van der Waals surface area (Å²) in [6.45, 7) is 14.6. The molecule has 4 heteroatoms. The molecule has 0 aromatic heterocycles. The molecule has 1 unspecified atom stereocenters. The summed E-state index contributed by atoms with van der Waals surface area (Å²) in [5, 5.41) is 0. The van der Waals surface area contributed by atoms with Crippen molar-refractivity contribution in [2.75, 3.05) is 6.61 Å². The topological polar surface area (TPSA) is 52.6 Å². The standard InChI is InChI=1S/C15H28O4/c1-10(2)12(19-15(6,7)8)13(17)18-9-11(16)14(3,4)5/h10,12H,9H2,1-8H3. The molecule has 0 bridgehead atoms. The first kappa shape index (κ1) is 18.1. The number of rotatable bonds is 5. The van der Waals surface area contributed by atoms with Gasteiger partial charge in [0.15, 0.2) is 18.5 Å². The fraction of sp³-hybridized carbons (Fsp3) is 0.867. The third-order valence-corrected chi connectivity index (χ3v) is 2.50. The largest absolute Gasteiger partial charge is 0.456 e. The predicted molar refractivity (Wildman–Crippen MR) is 74.9 cm³/mol. The summed E-state index contributed by atoms with van der Waals surface area (Å²) in [5.74, 6) is -0.571. The molecule has 1 atom stereocenters. The molecule has 0 N–H and O–H groups in total. The van der Waals surface area contributed by atoms with Gasteiger partial charge in [-0.25, -0.2) is 4.79 Å². The second kappa shape index (κ2) is 6.51. The lowest BCUT2D eigenvalue weighted by Crippen LogP contribution is -2.39. The van der Waals surface area contributed by atoms with E-state index in [0.29, 0.717) is 0 Å². The minimum atomic E-state index is -0.646. The molecule has 0 heterocycles. The van der Waals surface area contributed by atoms with Crippen molar-refractivity contribution in [2.24, 2.45) is 11.3 Å². The molecule has 0 spiro atoms.